The second kappa shape index (κ2) is 33.5. The van der Waals surface area contributed by atoms with Crippen LogP contribution in [-0.2, 0) is 73.3 Å². The minimum absolute atomic E-state index is 0.0143. The molecule has 646 valence electrons. The predicted octanol–water partition coefficient (Wildman–Crippen LogP) is 2.26. The second-order valence-electron chi connectivity index (χ2n) is 38.3. The Morgan fingerprint density at radius 3 is 1.25 bits per heavy atom. The first-order valence-corrected chi connectivity index (χ1v) is 54.3. The van der Waals surface area contributed by atoms with Crippen molar-refractivity contribution in [3.63, 3.8) is 0 Å². The molecule has 0 aromatic rings. The van der Waals surface area contributed by atoms with Crippen molar-refractivity contribution in [2.75, 3.05) is 35.2 Å². The maximum absolute atomic E-state index is 12.7. The van der Waals surface area contributed by atoms with E-state index in [-0.39, 0.29) is 186 Å². The molecule has 112 heavy (non-hydrogen) atoms. The van der Waals surface area contributed by atoms with Crippen LogP contribution in [0.15, 0.2) is 0 Å². The Labute approximate surface area is 689 Å². The van der Waals surface area contributed by atoms with Gasteiger partial charge in [-0.3, -0.25) is 22.4 Å². The third-order valence-corrected chi connectivity index (χ3v) is 50.2. The summed E-state index contributed by atoms with van der Waals surface area (Å²) in [5.41, 5.74) is -0.491. The smallest absolute Gasteiger partial charge is 0.219 e. The van der Waals surface area contributed by atoms with Crippen LogP contribution in [0.25, 0.3) is 0 Å². The van der Waals surface area contributed by atoms with Gasteiger partial charge in [0.25, 0.3) is 0 Å². The number of hydrogen-bond donors (Lipinski definition) is 8. The molecule has 28 nitrogen and oxygen atoms in total. The van der Waals surface area contributed by atoms with Gasteiger partial charge in [-0.2, -0.15) is 12.9 Å². The number of fused-ring (bicyclic) bond motifs is 13. The lowest BCUT2D eigenvalue weighted by molar-refractivity contribution is -0.0948. The van der Waals surface area contributed by atoms with Gasteiger partial charge in [0.1, 0.15) is 0 Å². The standard InChI is InChI=1S/C15H27NO3S.C13H25NO3S.C12H19NO3S2.C10H17NO3S2.C10H19NO3S.C7H11NO3S2.C6H9NO3S2/c1-16(11-5-3-2-4-6-11)14-12-8-7-10(15(14)17)9-13(12)20(18)19;1-13(2,3)14(4)11-9-6-5-8(12(11)15)7-10(9)18(16)17;14-11-8-6-9-12(17-8)10(11)13(18(9,15)16)7-4-2-1-3-5-7;1-10(2,3)11-7-8(12)5-4-6(9(7)15-5)16(11,13)14;1-11(2)9-7-4-3-6(10(9)12)5-8(7)15(13)14;1-8-5-6(9)3-2-4(7(5)12-3)13(8,10)11;8-5-2-1-3-6(11-2)4(5)7-12(3,9)10/h10-15,17H,2-9H2,1H3,(H,18,19);8-12,15H,5-7H2,1-4H3,(H,16,17);7-12,14H,1-6H2;5-9,12H,4H2,1-3H3;6-10,12H,3-5H2,1-2H3,(H,13,14);3-7,9H,2H2,1H3;2-8H,1H2/p-3. The first kappa shape index (κ1) is 89.3. The lowest BCUT2D eigenvalue weighted by Gasteiger charge is -2.56. The molecule has 0 spiro atoms. The molecule has 14 bridgehead atoms. The van der Waals surface area contributed by atoms with Crippen molar-refractivity contribution in [2.24, 2.45) is 35.5 Å². The summed E-state index contributed by atoms with van der Waals surface area (Å²) in [4.78, 5) is 6.47. The molecule has 23 rings (SSSR count). The Morgan fingerprint density at radius 1 is 0.429 bits per heavy atom. The molecule has 12 saturated heterocycles. The molecule has 0 radical (unpaired) electrons. The molecular formula is C73H124N7O21S11-3. The topological polar surface area (TPSA) is 430 Å². The number of nitrogens with one attached hydrogen (secondary N) is 1. The zero-order valence-electron chi connectivity index (χ0n) is 66.1. The second-order valence-corrected chi connectivity index (χ2v) is 55.6. The average molecular weight is 1790 g/mol. The first-order chi connectivity index (χ1) is 52.3. The molecule has 38 unspecified atom stereocenters. The van der Waals surface area contributed by atoms with Crippen molar-refractivity contribution in [2.45, 2.75) is 376 Å². The minimum Gasteiger partial charge on any atom is -0.772 e. The molecule has 23 fully saturated rings. The Bertz CT molecular complexity index is 3940. The molecule has 11 aliphatic carbocycles. The SMILES string of the molecule is CC(C)(C)N1C2C(O)C3CC(C2S3)S1(=O)=O.CN(C)C1C(O)C2CCC1C(S(=O)[O-])C2.CN(C1C(O)C2CCC1C(S(=O)[O-])C2)C(C)(C)C.CN(C1CCCCC1)C1C(O)C2CCC1C(S(=O)[O-])C2.CN1C2C(O)C3CC(C2S3)S1(=O)=O.O=S1(=O)C2CC3SC2C(C3O)N1C1CCCCC1.O=S1(=O)NC2C(O)C3CC1C2S3. The molecule has 23 aliphatic rings. The quantitative estimate of drug-likeness (QED) is 0.162. The fourth-order valence-corrected chi connectivity index (χ4v) is 46.9. The van der Waals surface area contributed by atoms with E-state index >= 15 is 0 Å². The van der Waals surface area contributed by atoms with Gasteiger partial charge in [-0.1, -0.05) is 71.8 Å². The van der Waals surface area contributed by atoms with Crippen LogP contribution in [0.5, 0.6) is 0 Å². The van der Waals surface area contributed by atoms with E-state index in [4.69, 9.17) is 0 Å². The number of hydrogen-bond acceptors (Lipinski definition) is 28. The van der Waals surface area contributed by atoms with Crippen molar-refractivity contribution in [3.05, 3.63) is 0 Å². The van der Waals surface area contributed by atoms with Gasteiger partial charge in [-0.05, 0) is 214 Å². The van der Waals surface area contributed by atoms with Gasteiger partial charge in [0, 0.05) is 106 Å². The van der Waals surface area contributed by atoms with Crippen LogP contribution in [-0.4, -0.2) is 345 Å². The molecule has 38 atom stereocenters. The van der Waals surface area contributed by atoms with Crippen LogP contribution >= 0.6 is 47.0 Å². The molecule has 12 aliphatic heterocycles. The van der Waals surface area contributed by atoms with Gasteiger partial charge < -0.3 is 54.3 Å². The van der Waals surface area contributed by atoms with E-state index in [1.165, 1.54) is 42.8 Å². The molecule has 8 N–H and O–H groups in total. The van der Waals surface area contributed by atoms with Gasteiger partial charge in [0.2, 0.25) is 40.1 Å². The highest BCUT2D eigenvalue weighted by atomic mass is 32.2. The summed E-state index contributed by atoms with van der Waals surface area (Å²) in [6, 6.07) is 0.0548. The molecule has 12 heterocycles. The summed E-state index contributed by atoms with van der Waals surface area (Å²) in [5.74, 6) is 0.808. The first-order valence-electron chi connectivity index (χ1n) is 41.1. The van der Waals surface area contributed by atoms with Crippen LogP contribution in [0.4, 0.5) is 0 Å². The number of thioether (sulfide) groups is 4. The molecule has 39 heteroatoms. The highest BCUT2D eigenvalue weighted by molar-refractivity contribution is 8.04. The minimum atomic E-state index is -3.21. The van der Waals surface area contributed by atoms with E-state index in [1.54, 1.807) is 62.7 Å². The van der Waals surface area contributed by atoms with Gasteiger partial charge >= 0.3 is 0 Å². The highest BCUT2D eigenvalue weighted by Gasteiger charge is 2.71. The summed E-state index contributed by atoms with van der Waals surface area (Å²) >= 11 is 0.663. The highest BCUT2D eigenvalue weighted by Crippen LogP contribution is 2.61. The van der Waals surface area contributed by atoms with E-state index in [0.29, 0.717) is 51.0 Å². The normalized spacial score (nSPS) is 49.4. The number of aliphatic hydroxyl groups excluding tert-OH is 7. The maximum atomic E-state index is 12.7. The lowest BCUT2D eigenvalue weighted by atomic mass is 9.65. The Morgan fingerprint density at radius 2 is 0.812 bits per heavy atom. The zero-order valence-corrected chi connectivity index (χ0v) is 75.1. The third kappa shape index (κ3) is 15.9. The summed E-state index contributed by atoms with van der Waals surface area (Å²) < 4.78 is 172. The Kier molecular flexibility index (Phi) is 26.7. The van der Waals surface area contributed by atoms with E-state index in [1.807, 2.05) is 46.8 Å². The van der Waals surface area contributed by atoms with Crippen LogP contribution in [0.2, 0.25) is 0 Å². The number of likely N-dealkylation sites (N-methyl/N-ethyl adjacent to an activating group) is 4. The van der Waals surface area contributed by atoms with Crippen LogP contribution in [0.3, 0.4) is 0 Å². The third-order valence-electron chi connectivity index (χ3n) is 30.3. The summed E-state index contributed by atoms with van der Waals surface area (Å²) in [7, 11) is -3.02. The van der Waals surface area contributed by atoms with Crippen molar-refractivity contribution in [3.8, 4) is 0 Å². The lowest BCUT2D eigenvalue weighted by Crippen LogP contribution is -2.64. The van der Waals surface area contributed by atoms with E-state index in [0.717, 1.165) is 64.2 Å². The monoisotopic (exact) mass is 1790 g/mol. The van der Waals surface area contributed by atoms with E-state index in [9.17, 15) is 95.7 Å². The van der Waals surface area contributed by atoms with Crippen molar-refractivity contribution in [1.82, 2.24) is 32.3 Å². The van der Waals surface area contributed by atoms with E-state index in [2.05, 4.69) is 42.3 Å². The summed E-state index contributed by atoms with van der Waals surface area (Å²) in [6.45, 7) is 12.0. The average Bonchev–Trinajstić information content (AvgIpc) is 1.52. The van der Waals surface area contributed by atoms with Gasteiger partial charge in [-0.25, -0.2) is 38.4 Å². The molecular weight excluding hydrogens is 1660 g/mol. The zero-order chi connectivity index (χ0) is 81.4. The van der Waals surface area contributed by atoms with Gasteiger partial charge in [0.15, 0.2) is 0 Å². The Balaban J connectivity index is 0.000000109. The Hall–Kier alpha value is 0.970. The van der Waals surface area contributed by atoms with E-state index < -0.39 is 103 Å². The van der Waals surface area contributed by atoms with Crippen LogP contribution in [0.1, 0.15) is 189 Å². The van der Waals surface area contributed by atoms with Crippen LogP contribution in [0, 0.1) is 35.5 Å². The fraction of sp³-hybridized carbons (Fsp3) is 1.00. The number of rotatable bonds is 8. The van der Waals surface area contributed by atoms with Crippen LogP contribution < -0.4 is 4.72 Å². The molecule has 0 aromatic heterocycles. The van der Waals surface area contributed by atoms with Gasteiger partial charge in [-0.15, -0.1) is 47.0 Å². The molecule has 0 aromatic carbocycles. The summed E-state index contributed by atoms with van der Waals surface area (Å²) in [5, 5.41) is 70.3. The largest absolute Gasteiger partial charge is 0.772 e. The molecule has 11 saturated carbocycles. The van der Waals surface area contributed by atoms with Gasteiger partial charge in [0.05, 0.1) is 87.9 Å². The van der Waals surface area contributed by atoms with Crippen molar-refractivity contribution < 1.29 is 95.7 Å². The number of aliphatic hydroxyl groups is 7. The number of nitrogens with zero attached hydrogens (tertiary/aromatic N) is 6. The number of sulfonamides is 4. The predicted molar refractivity (Wildman–Crippen MR) is 436 cm³/mol. The summed E-state index contributed by atoms with van der Waals surface area (Å²) in [6.07, 6.45) is 19.1. The van der Waals surface area contributed by atoms with Crippen molar-refractivity contribution >= 4 is 120 Å². The maximum Gasteiger partial charge on any atom is 0.219 e. The molecule has 0 amide bonds. The fourth-order valence-electron chi connectivity index (χ4n) is 24.7. The van der Waals surface area contributed by atoms with Crippen molar-refractivity contribution in [1.29, 1.82) is 0 Å².